The van der Waals surface area contributed by atoms with E-state index in [-0.39, 0.29) is 16.6 Å². The van der Waals surface area contributed by atoms with Gasteiger partial charge < -0.3 is 10.8 Å². The third kappa shape index (κ3) is 3.97. The van der Waals surface area contributed by atoms with Crippen LogP contribution in [0.2, 0.25) is 0 Å². The van der Waals surface area contributed by atoms with E-state index in [1.807, 2.05) is 0 Å². The Labute approximate surface area is 103 Å². The molecule has 0 aliphatic carbocycles. The van der Waals surface area contributed by atoms with Crippen LogP contribution >= 0.6 is 15.9 Å². The number of carboxylic acid groups (broad SMARTS) is 1. The van der Waals surface area contributed by atoms with E-state index >= 15 is 0 Å². The Morgan fingerprint density at radius 1 is 1.53 bits per heavy atom. The van der Waals surface area contributed by atoms with Gasteiger partial charge in [0.1, 0.15) is 16.3 Å². The molecule has 0 aliphatic rings. The Balaban J connectivity index is 3.02. The molecule has 1 rings (SSSR count). The molecule has 0 amide bonds. The quantitative estimate of drug-likeness (QED) is 0.835. The molecule has 0 radical (unpaired) electrons. The average molecular weight is 313 g/mol. The van der Waals surface area contributed by atoms with Gasteiger partial charge in [-0.3, -0.25) is 4.79 Å². The summed E-state index contributed by atoms with van der Waals surface area (Å²) in [6.45, 7) is 0. The van der Waals surface area contributed by atoms with Crippen LogP contribution in [-0.4, -0.2) is 22.1 Å². The Kier molecular flexibility index (Phi) is 4.10. The van der Waals surface area contributed by atoms with Crippen molar-refractivity contribution >= 4 is 21.9 Å². The minimum atomic E-state index is -4.58. The van der Waals surface area contributed by atoms with Gasteiger partial charge in [0.15, 0.2) is 0 Å². The van der Waals surface area contributed by atoms with Gasteiger partial charge in [0.05, 0.1) is 0 Å². The zero-order valence-corrected chi connectivity index (χ0v) is 9.92. The van der Waals surface area contributed by atoms with Crippen molar-refractivity contribution in [2.24, 2.45) is 5.73 Å². The summed E-state index contributed by atoms with van der Waals surface area (Å²) in [4.78, 5) is 13.8. The SMILES string of the molecule is NC(Cc1cc(Br)nc(C(F)(F)F)c1)C(=O)O. The van der Waals surface area contributed by atoms with Crippen LogP contribution in [0.5, 0.6) is 0 Å². The Morgan fingerprint density at radius 3 is 2.59 bits per heavy atom. The standard InChI is InChI=1S/C9H8BrF3N2O2/c10-7-3-4(1-5(14)8(16)17)2-6(15-7)9(11,12)13/h2-3,5H,1,14H2,(H,16,17). The van der Waals surface area contributed by atoms with E-state index in [2.05, 4.69) is 20.9 Å². The van der Waals surface area contributed by atoms with E-state index in [0.717, 1.165) is 6.07 Å². The number of nitrogens with zero attached hydrogens (tertiary/aromatic N) is 1. The van der Waals surface area contributed by atoms with Gasteiger partial charge in [-0.15, -0.1) is 0 Å². The van der Waals surface area contributed by atoms with Crippen molar-refractivity contribution in [3.8, 4) is 0 Å². The molecular formula is C9H8BrF3N2O2. The van der Waals surface area contributed by atoms with Crippen LogP contribution in [0.1, 0.15) is 11.3 Å². The molecule has 3 N–H and O–H groups in total. The van der Waals surface area contributed by atoms with Crippen molar-refractivity contribution in [2.45, 2.75) is 18.6 Å². The summed E-state index contributed by atoms with van der Waals surface area (Å²) in [6, 6.07) is 0.844. The lowest BCUT2D eigenvalue weighted by molar-refractivity contribution is -0.141. The number of hydrogen-bond acceptors (Lipinski definition) is 3. The van der Waals surface area contributed by atoms with Crippen molar-refractivity contribution in [3.63, 3.8) is 0 Å². The summed E-state index contributed by atoms with van der Waals surface area (Å²) in [5, 5.41) is 8.57. The number of alkyl halides is 3. The van der Waals surface area contributed by atoms with Crippen LogP contribution in [0.15, 0.2) is 16.7 Å². The highest BCUT2D eigenvalue weighted by molar-refractivity contribution is 9.10. The summed E-state index contributed by atoms with van der Waals surface area (Å²) < 4.78 is 37.2. The number of rotatable bonds is 3. The lowest BCUT2D eigenvalue weighted by Gasteiger charge is -2.10. The number of hydrogen-bond donors (Lipinski definition) is 2. The summed E-state index contributed by atoms with van der Waals surface area (Å²) in [7, 11) is 0. The second-order valence-electron chi connectivity index (χ2n) is 3.33. The van der Waals surface area contributed by atoms with Crippen molar-refractivity contribution in [2.75, 3.05) is 0 Å². The first-order valence-electron chi connectivity index (χ1n) is 4.42. The number of pyridine rings is 1. The number of nitrogens with two attached hydrogens (primary N) is 1. The molecule has 0 aromatic carbocycles. The molecule has 1 unspecified atom stereocenters. The van der Waals surface area contributed by atoms with Gasteiger partial charge in [-0.25, -0.2) is 4.98 Å². The largest absolute Gasteiger partial charge is 0.480 e. The summed E-state index contributed by atoms with van der Waals surface area (Å²) in [5.74, 6) is -1.27. The molecular weight excluding hydrogens is 305 g/mol. The van der Waals surface area contributed by atoms with Crippen molar-refractivity contribution < 1.29 is 23.1 Å². The fraction of sp³-hybridized carbons (Fsp3) is 0.333. The van der Waals surface area contributed by atoms with Crippen LogP contribution in [0.3, 0.4) is 0 Å². The highest BCUT2D eigenvalue weighted by Crippen LogP contribution is 2.29. The zero-order chi connectivity index (χ0) is 13.2. The van der Waals surface area contributed by atoms with E-state index in [1.165, 1.54) is 6.07 Å². The third-order valence-electron chi connectivity index (χ3n) is 1.92. The minimum absolute atomic E-state index is 0.0140. The van der Waals surface area contributed by atoms with E-state index in [1.54, 1.807) is 0 Å². The zero-order valence-electron chi connectivity index (χ0n) is 8.33. The van der Waals surface area contributed by atoms with Gasteiger partial charge in [0.2, 0.25) is 0 Å². The molecule has 1 atom stereocenters. The summed E-state index contributed by atoms with van der Waals surface area (Å²) in [6.07, 6.45) is -4.77. The average Bonchev–Trinajstić information content (AvgIpc) is 2.15. The van der Waals surface area contributed by atoms with E-state index in [4.69, 9.17) is 10.8 Å². The molecule has 1 aromatic rings. The van der Waals surface area contributed by atoms with Crippen LogP contribution in [0.4, 0.5) is 13.2 Å². The van der Waals surface area contributed by atoms with Crippen LogP contribution in [-0.2, 0) is 17.4 Å². The summed E-state index contributed by atoms with van der Waals surface area (Å²) in [5.41, 5.74) is 4.32. The lowest BCUT2D eigenvalue weighted by atomic mass is 10.1. The predicted octanol–water partition coefficient (Wildman–Crippen LogP) is 1.82. The molecule has 0 fully saturated rings. The highest BCUT2D eigenvalue weighted by atomic mass is 79.9. The second kappa shape index (κ2) is 5.01. The van der Waals surface area contributed by atoms with Crippen LogP contribution in [0, 0.1) is 0 Å². The Hall–Kier alpha value is -1.15. The van der Waals surface area contributed by atoms with Gasteiger partial charge in [-0.05, 0) is 40.0 Å². The lowest BCUT2D eigenvalue weighted by Crippen LogP contribution is -2.32. The number of aliphatic carboxylic acids is 1. The van der Waals surface area contributed by atoms with Gasteiger partial charge in [-0.1, -0.05) is 0 Å². The van der Waals surface area contributed by atoms with E-state index in [9.17, 15) is 18.0 Å². The first kappa shape index (κ1) is 13.9. The first-order chi connectivity index (χ1) is 7.70. The van der Waals surface area contributed by atoms with Crippen LogP contribution in [0.25, 0.3) is 0 Å². The van der Waals surface area contributed by atoms with E-state index < -0.39 is 23.9 Å². The van der Waals surface area contributed by atoms with Crippen molar-refractivity contribution in [3.05, 3.63) is 28.0 Å². The topological polar surface area (TPSA) is 76.2 Å². The highest BCUT2D eigenvalue weighted by Gasteiger charge is 2.33. The predicted molar refractivity (Wildman–Crippen MR) is 56.3 cm³/mol. The third-order valence-corrected chi connectivity index (χ3v) is 2.32. The first-order valence-corrected chi connectivity index (χ1v) is 5.21. The van der Waals surface area contributed by atoms with Gasteiger partial charge in [0, 0.05) is 0 Å². The monoisotopic (exact) mass is 312 g/mol. The molecule has 94 valence electrons. The van der Waals surface area contributed by atoms with Gasteiger partial charge >= 0.3 is 12.1 Å². The second-order valence-corrected chi connectivity index (χ2v) is 4.14. The molecule has 4 nitrogen and oxygen atoms in total. The molecule has 8 heteroatoms. The fourth-order valence-corrected chi connectivity index (χ4v) is 1.64. The van der Waals surface area contributed by atoms with Gasteiger partial charge in [0.25, 0.3) is 0 Å². The fourth-order valence-electron chi connectivity index (χ4n) is 1.15. The molecule has 1 aromatic heterocycles. The number of halogens is 4. The van der Waals surface area contributed by atoms with Crippen LogP contribution < -0.4 is 5.73 Å². The number of carbonyl (C=O) groups is 1. The summed E-state index contributed by atoms with van der Waals surface area (Å²) >= 11 is 2.83. The molecule has 0 saturated carbocycles. The van der Waals surface area contributed by atoms with Crippen molar-refractivity contribution in [1.82, 2.24) is 4.98 Å². The Bertz CT molecular complexity index is 437. The van der Waals surface area contributed by atoms with E-state index in [0.29, 0.717) is 0 Å². The molecule has 0 spiro atoms. The molecule has 1 heterocycles. The Morgan fingerprint density at radius 2 is 2.12 bits per heavy atom. The number of carboxylic acids is 1. The van der Waals surface area contributed by atoms with Crippen molar-refractivity contribution in [1.29, 1.82) is 0 Å². The molecule has 0 saturated heterocycles. The maximum atomic E-state index is 12.4. The molecule has 0 aliphatic heterocycles. The minimum Gasteiger partial charge on any atom is -0.480 e. The maximum Gasteiger partial charge on any atom is 0.433 e. The van der Waals surface area contributed by atoms with Gasteiger partial charge in [-0.2, -0.15) is 13.2 Å². The normalized spacial score (nSPS) is 13.5. The molecule has 0 bridgehead atoms. The molecule has 17 heavy (non-hydrogen) atoms. The smallest absolute Gasteiger partial charge is 0.433 e. The maximum absolute atomic E-state index is 12.4. The number of aromatic nitrogens is 1.